The number of halogens is 2. The van der Waals surface area contributed by atoms with Crippen molar-refractivity contribution in [3.63, 3.8) is 0 Å². The summed E-state index contributed by atoms with van der Waals surface area (Å²) in [7, 11) is 1.91. The minimum atomic E-state index is 0. The molecule has 2 aromatic rings. The van der Waals surface area contributed by atoms with E-state index in [4.69, 9.17) is 0 Å². The van der Waals surface area contributed by atoms with E-state index in [2.05, 4.69) is 21.6 Å². The van der Waals surface area contributed by atoms with Crippen LogP contribution in [0.25, 0.3) is 17.0 Å². The lowest BCUT2D eigenvalue weighted by Crippen LogP contribution is -2.37. The Hall–Kier alpha value is -1.21. The largest absolute Gasteiger partial charge is 0.341 e. The Bertz CT molecular complexity index is 786. The van der Waals surface area contributed by atoms with E-state index in [0.29, 0.717) is 5.92 Å². The summed E-state index contributed by atoms with van der Waals surface area (Å²) in [5.74, 6) is 0.705. The molecule has 2 aliphatic rings. The zero-order valence-electron chi connectivity index (χ0n) is 13.9. The first kappa shape index (κ1) is 20.1. The summed E-state index contributed by atoms with van der Waals surface area (Å²) in [5.41, 5.74) is 1.89. The van der Waals surface area contributed by atoms with Crippen molar-refractivity contribution in [1.82, 2.24) is 20.4 Å². The number of hydrogen-bond acceptors (Lipinski definition) is 4. The van der Waals surface area contributed by atoms with Crippen LogP contribution in [0.1, 0.15) is 18.5 Å². The molecule has 1 aromatic heterocycles. The number of nitrogens with one attached hydrogen (secondary N) is 2. The fraction of sp³-hybridized carbons (Fsp3) is 0.412. The third kappa shape index (κ3) is 3.97. The first-order valence-electron chi connectivity index (χ1n) is 8.05. The maximum Gasteiger partial charge on any atom is 0.260 e. The fourth-order valence-electron chi connectivity index (χ4n) is 3.36. The van der Waals surface area contributed by atoms with Crippen LogP contribution in [0.2, 0.25) is 0 Å². The van der Waals surface area contributed by atoms with Crippen LogP contribution < -0.4 is 5.32 Å². The standard InChI is InChI=1S/C17H20N4OS.2ClH/c1-21(10-11-5-7-18-8-6-11)17(22)15-9-13-16-12(19-20-13)3-2-4-14(16)23-15;;/h2-4,9,11,18H,5-8,10H2,1H3,(H,19,20);2*1H. The number of likely N-dealkylation sites (N-methyl/N-ethyl adjacent to an activating group) is 1. The number of hydrogen-bond donors (Lipinski definition) is 2. The van der Waals surface area contributed by atoms with Crippen molar-refractivity contribution >= 4 is 59.5 Å². The van der Waals surface area contributed by atoms with Gasteiger partial charge in [-0.05, 0) is 50.1 Å². The molecule has 0 unspecified atom stereocenters. The van der Waals surface area contributed by atoms with Crippen molar-refractivity contribution in [2.45, 2.75) is 17.7 Å². The van der Waals surface area contributed by atoms with Gasteiger partial charge in [-0.1, -0.05) is 17.8 Å². The highest BCUT2D eigenvalue weighted by atomic mass is 35.5. The Morgan fingerprint density at radius 2 is 2.08 bits per heavy atom. The first-order chi connectivity index (χ1) is 11.2. The summed E-state index contributed by atoms with van der Waals surface area (Å²) in [4.78, 5) is 16.6. The molecule has 8 heteroatoms. The first-order valence-corrected chi connectivity index (χ1v) is 8.87. The van der Waals surface area contributed by atoms with E-state index >= 15 is 0 Å². The molecule has 0 aliphatic carbocycles. The Morgan fingerprint density at radius 3 is 2.84 bits per heavy atom. The molecule has 2 aliphatic heterocycles. The van der Waals surface area contributed by atoms with Crippen LogP contribution in [0.4, 0.5) is 0 Å². The summed E-state index contributed by atoms with van der Waals surface area (Å²) in [6, 6.07) is 6.03. The van der Waals surface area contributed by atoms with Gasteiger partial charge in [0.2, 0.25) is 0 Å². The topological polar surface area (TPSA) is 61.0 Å². The van der Waals surface area contributed by atoms with Gasteiger partial charge in [-0.2, -0.15) is 5.10 Å². The van der Waals surface area contributed by atoms with E-state index in [9.17, 15) is 4.79 Å². The summed E-state index contributed by atoms with van der Waals surface area (Å²) in [6.45, 7) is 2.95. The van der Waals surface area contributed by atoms with E-state index in [1.165, 1.54) is 0 Å². The van der Waals surface area contributed by atoms with Gasteiger partial charge < -0.3 is 10.2 Å². The van der Waals surface area contributed by atoms with Crippen molar-refractivity contribution in [1.29, 1.82) is 0 Å². The van der Waals surface area contributed by atoms with E-state index in [1.54, 1.807) is 11.8 Å². The predicted octanol–water partition coefficient (Wildman–Crippen LogP) is 3.31. The summed E-state index contributed by atoms with van der Waals surface area (Å²) < 4.78 is 0. The maximum absolute atomic E-state index is 12.8. The van der Waals surface area contributed by atoms with Gasteiger partial charge in [0, 0.05) is 23.9 Å². The second kappa shape index (κ2) is 8.45. The third-order valence-corrected chi connectivity index (χ3v) is 5.69. The molecule has 2 N–H and O–H groups in total. The maximum atomic E-state index is 12.8. The summed E-state index contributed by atoms with van der Waals surface area (Å²) >= 11 is 1.55. The van der Waals surface area contributed by atoms with Crippen molar-refractivity contribution < 1.29 is 4.79 Å². The van der Waals surface area contributed by atoms with Gasteiger partial charge in [-0.25, -0.2) is 0 Å². The van der Waals surface area contributed by atoms with Crippen LogP contribution >= 0.6 is 36.6 Å². The number of H-pyrrole nitrogens is 1. The molecule has 1 amide bonds. The monoisotopic (exact) mass is 400 g/mol. The van der Waals surface area contributed by atoms with Crippen LogP contribution in [0.5, 0.6) is 0 Å². The van der Waals surface area contributed by atoms with Gasteiger partial charge in [-0.3, -0.25) is 9.89 Å². The molecule has 1 aromatic carbocycles. The zero-order valence-corrected chi connectivity index (χ0v) is 16.4. The number of carbonyl (C=O) groups excluding carboxylic acids is 1. The highest BCUT2D eigenvalue weighted by Crippen LogP contribution is 2.40. The van der Waals surface area contributed by atoms with Crippen LogP contribution in [0.15, 0.2) is 28.0 Å². The minimum Gasteiger partial charge on any atom is -0.341 e. The number of rotatable bonds is 3. The minimum absolute atomic E-state index is 0. The zero-order chi connectivity index (χ0) is 15.8. The Morgan fingerprint density at radius 1 is 1.32 bits per heavy atom. The van der Waals surface area contributed by atoms with Crippen molar-refractivity contribution in [3.8, 4) is 0 Å². The molecule has 1 fully saturated rings. The third-order valence-electron chi connectivity index (χ3n) is 4.61. The Balaban J connectivity index is 0.00000113. The van der Waals surface area contributed by atoms with E-state index in [0.717, 1.165) is 58.9 Å². The van der Waals surface area contributed by atoms with Gasteiger partial charge in [0.25, 0.3) is 5.91 Å². The molecule has 4 rings (SSSR count). The number of piperidine rings is 1. The molecule has 0 atom stereocenters. The van der Waals surface area contributed by atoms with Gasteiger partial charge in [0.1, 0.15) is 0 Å². The van der Waals surface area contributed by atoms with Crippen LogP contribution in [-0.4, -0.2) is 47.7 Å². The van der Waals surface area contributed by atoms with E-state index in [1.807, 2.05) is 30.2 Å². The van der Waals surface area contributed by atoms with Gasteiger partial charge >= 0.3 is 0 Å². The van der Waals surface area contributed by atoms with E-state index in [-0.39, 0.29) is 30.7 Å². The predicted molar refractivity (Wildman–Crippen MR) is 108 cm³/mol. The molecular weight excluding hydrogens is 379 g/mol. The second-order valence-electron chi connectivity index (χ2n) is 6.28. The average Bonchev–Trinajstić information content (AvgIpc) is 3.00. The number of benzene rings is 1. The van der Waals surface area contributed by atoms with Crippen LogP contribution in [-0.2, 0) is 4.79 Å². The molecule has 0 spiro atoms. The molecular formula is C17H22Cl2N4OS. The molecule has 5 nitrogen and oxygen atoms in total. The highest BCUT2D eigenvalue weighted by Gasteiger charge is 2.25. The number of amides is 1. The molecule has 1 saturated heterocycles. The lowest BCUT2D eigenvalue weighted by molar-refractivity contribution is -0.125. The van der Waals surface area contributed by atoms with Gasteiger partial charge in [0.05, 0.1) is 16.1 Å². The SMILES string of the molecule is CN(CC1CCNCC1)C(=O)C1=Cc2[nH]nc3cccc(c23)S1.Cl.Cl. The summed E-state index contributed by atoms with van der Waals surface area (Å²) in [6.07, 6.45) is 4.23. The van der Waals surface area contributed by atoms with Crippen LogP contribution in [0, 0.1) is 5.92 Å². The Labute approximate surface area is 163 Å². The molecule has 0 saturated carbocycles. The average molecular weight is 401 g/mol. The molecule has 0 bridgehead atoms. The van der Waals surface area contributed by atoms with Crippen molar-refractivity contribution in [2.24, 2.45) is 5.92 Å². The smallest absolute Gasteiger partial charge is 0.260 e. The van der Waals surface area contributed by atoms with Gasteiger partial charge in [-0.15, -0.1) is 24.8 Å². The van der Waals surface area contributed by atoms with Crippen molar-refractivity contribution in [2.75, 3.05) is 26.7 Å². The lowest BCUT2D eigenvalue weighted by atomic mass is 9.98. The lowest BCUT2D eigenvalue weighted by Gasteiger charge is -2.28. The van der Waals surface area contributed by atoms with Gasteiger partial charge in [0.15, 0.2) is 0 Å². The Kier molecular flexibility index (Phi) is 6.79. The molecule has 3 heterocycles. The van der Waals surface area contributed by atoms with Crippen molar-refractivity contribution in [3.05, 3.63) is 28.8 Å². The second-order valence-corrected chi connectivity index (χ2v) is 7.36. The number of aromatic amines is 1. The normalized spacial score (nSPS) is 16.6. The number of thioether (sulfide) groups is 1. The molecule has 136 valence electrons. The van der Waals surface area contributed by atoms with E-state index < -0.39 is 0 Å². The quantitative estimate of drug-likeness (QED) is 0.829. The number of aromatic nitrogens is 2. The van der Waals surface area contributed by atoms with Crippen LogP contribution in [0.3, 0.4) is 0 Å². The molecule has 0 radical (unpaired) electrons. The number of nitrogens with zero attached hydrogens (tertiary/aromatic N) is 2. The summed E-state index contributed by atoms with van der Waals surface area (Å²) in [5, 5.41) is 11.8. The fourth-order valence-corrected chi connectivity index (χ4v) is 4.48. The number of carbonyl (C=O) groups is 1. The highest BCUT2D eigenvalue weighted by molar-refractivity contribution is 8.04. The molecule has 25 heavy (non-hydrogen) atoms.